The quantitative estimate of drug-likeness (QED) is 0.772. The molecule has 2 atom stereocenters. The molecular weight excluding hydrogens is 226 g/mol. The number of nitrogens with zero attached hydrogens (tertiary/aromatic N) is 1. The van der Waals surface area contributed by atoms with Crippen molar-refractivity contribution in [3.63, 3.8) is 0 Å². The molecule has 1 fully saturated rings. The molecule has 0 radical (unpaired) electrons. The van der Waals surface area contributed by atoms with Crippen molar-refractivity contribution in [2.45, 2.75) is 66.3 Å². The van der Waals surface area contributed by atoms with Crippen molar-refractivity contribution in [2.24, 2.45) is 11.3 Å². The van der Waals surface area contributed by atoms with Gasteiger partial charge in [0.15, 0.2) is 0 Å². The Labute approximate surface area is 111 Å². The summed E-state index contributed by atoms with van der Waals surface area (Å²) in [6.45, 7) is 11.1. The van der Waals surface area contributed by atoms with Gasteiger partial charge in [-0.1, -0.05) is 27.7 Å². The van der Waals surface area contributed by atoms with Gasteiger partial charge >= 0.3 is 0 Å². The summed E-state index contributed by atoms with van der Waals surface area (Å²) in [5, 5.41) is 0. The average Bonchev–Trinajstić information content (AvgIpc) is 2.63. The van der Waals surface area contributed by atoms with Gasteiger partial charge in [-0.05, 0) is 31.1 Å². The predicted octanol–water partition coefficient (Wildman–Crippen LogP) is 3.03. The molecule has 3 nitrogen and oxygen atoms in total. The molecule has 1 aliphatic rings. The van der Waals surface area contributed by atoms with Gasteiger partial charge in [0.2, 0.25) is 5.91 Å². The number of carbonyl (C=O) groups is 2. The molecule has 3 heteroatoms. The summed E-state index contributed by atoms with van der Waals surface area (Å²) in [5.41, 5.74) is 0.158. The Balaban J connectivity index is 2.58. The maximum Gasteiger partial charge on any atom is 0.223 e. The number of amides is 1. The highest BCUT2D eigenvalue weighted by Crippen LogP contribution is 2.30. The zero-order valence-corrected chi connectivity index (χ0v) is 12.5. The second kappa shape index (κ2) is 5.85. The van der Waals surface area contributed by atoms with Gasteiger partial charge < -0.3 is 4.90 Å². The first-order valence-corrected chi connectivity index (χ1v) is 7.00. The van der Waals surface area contributed by atoms with Crippen molar-refractivity contribution in [3.8, 4) is 0 Å². The lowest BCUT2D eigenvalue weighted by atomic mass is 9.80. The SMILES string of the molecule is CC(=O)CC1CCCN1C(=O)CC(C)C(C)(C)C. The molecule has 1 saturated heterocycles. The Morgan fingerprint density at radius 2 is 1.94 bits per heavy atom. The molecule has 0 N–H and O–H groups in total. The summed E-state index contributed by atoms with van der Waals surface area (Å²) in [5.74, 6) is 0.772. The van der Waals surface area contributed by atoms with Crippen LogP contribution in [0.1, 0.15) is 60.3 Å². The number of rotatable bonds is 4. The molecule has 2 unspecified atom stereocenters. The Hall–Kier alpha value is -0.860. The van der Waals surface area contributed by atoms with E-state index < -0.39 is 0 Å². The van der Waals surface area contributed by atoms with Crippen molar-refractivity contribution in [1.82, 2.24) is 4.90 Å². The predicted molar refractivity (Wildman–Crippen MR) is 73.3 cm³/mol. The molecule has 104 valence electrons. The first kappa shape index (κ1) is 15.2. The van der Waals surface area contributed by atoms with Crippen LogP contribution in [0.3, 0.4) is 0 Å². The molecule has 1 rings (SSSR count). The fraction of sp³-hybridized carbons (Fsp3) is 0.867. The molecule has 0 aromatic carbocycles. The summed E-state index contributed by atoms with van der Waals surface area (Å²) >= 11 is 0. The maximum atomic E-state index is 12.3. The molecule has 0 saturated carbocycles. The number of hydrogen-bond acceptors (Lipinski definition) is 2. The molecular formula is C15H27NO2. The Morgan fingerprint density at radius 1 is 1.33 bits per heavy atom. The first-order chi connectivity index (χ1) is 8.21. The smallest absolute Gasteiger partial charge is 0.223 e. The Kier molecular flexibility index (Phi) is 4.94. The standard InChI is InChI=1S/C15H27NO2/c1-11(15(3,4)5)9-14(18)16-8-6-7-13(16)10-12(2)17/h11,13H,6-10H2,1-5H3. The maximum absolute atomic E-state index is 12.3. The minimum atomic E-state index is 0.155. The molecule has 1 aliphatic heterocycles. The van der Waals surface area contributed by atoms with E-state index in [4.69, 9.17) is 0 Å². The highest BCUT2D eigenvalue weighted by atomic mass is 16.2. The number of hydrogen-bond donors (Lipinski definition) is 0. The van der Waals surface area contributed by atoms with Gasteiger partial charge in [-0.3, -0.25) is 9.59 Å². The fourth-order valence-electron chi connectivity index (χ4n) is 2.39. The van der Waals surface area contributed by atoms with Gasteiger partial charge in [0, 0.05) is 25.4 Å². The van der Waals surface area contributed by atoms with Gasteiger partial charge in [-0.15, -0.1) is 0 Å². The van der Waals surface area contributed by atoms with Crippen LogP contribution >= 0.6 is 0 Å². The lowest BCUT2D eigenvalue weighted by Gasteiger charge is -2.30. The lowest BCUT2D eigenvalue weighted by Crippen LogP contribution is -2.38. The third-order valence-corrected chi connectivity index (χ3v) is 4.18. The molecule has 0 aromatic heterocycles. The normalized spacial score (nSPS) is 22.1. The number of ketones is 1. The third-order valence-electron chi connectivity index (χ3n) is 4.18. The second-order valence-electron chi connectivity index (χ2n) is 6.76. The van der Waals surface area contributed by atoms with E-state index in [-0.39, 0.29) is 23.1 Å². The summed E-state index contributed by atoms with van der Waals surface area (Å²) in [7, 11) is 0. The third kappa shape index (κ3) is 4.11. The van der Waals surface area contributed by atoms with Gasteiger partial charge in [-0.25, -0.2) is 0 Å². The molecule has 0 aromatic rings. The summed E-state index contributed by atoms with van der Waals surface area (Å²) in [4.78, 5) is 25.5. The van der Waals surface area contributed by atoms with E-state index in [1.165, 1.54) is 0 Å². The van der Waals surface area contributed by atoms with Crippen LogP contribution in [0.25, 0.3) is 0 Å². The highest BCUT2D eigenvalue weighted by molar-refractivity contribution is 5.80. The van der Waals surface area contributed by atoms with Crippen LogP contribution < -0.4 is 0 Å². The topological polar surface area (TPSA) is 37.4 Å². The van der Waals surface area contributed by atoms with Crippen LogP contribution in [-0.2, 0) is 9.59 Å². The zero-order chi connectivity index (χ0) is 13.9. The van der Waals surface area contributed by atoms with Crippen molar-refractivity contribution >= 4 is 11.7 Å². The van der Waals surface area contributed by atoms with Gasteiger partial charge in [0.25, 0.3) is 0 Å². The second-order valence-corrected chi connectivity index (χ2v) is 6.76. The van der Waals surface area contributed by atoms with E-state index in [0.717, 1.165) is 19.4 Å². The lowest BCUT2D eigenvalue weighted by molar-refractivity contribution is -0.134. The van der Waals surface area contributed by atoms with Crippen LogP contribution in [-0.4, -0.2) is 29.2 Å². The molecule has 18 heavy (non-hydrogen) atoms. The van der Waals surface area contributed by atoms with E-state index in [1.807, 2.05) is 4.90 Å². The van der Waals surface area contributed by atoms with Gasteiger partial charge in [0.1, 0.15) is 5.78 Å². The monoisotopic (exact) mass is 253 g/mol. The van der Waals surface area contributed by atoms with Crippen molar-refractivity contribution in [2.75, 3.05) is 6.54 Å². The summed E-state index contributed by atoms with van der Waals surface area (Å²) in [6.07, 6.45) is 3.14. The van der Waals surface area contributed by atoms with E-state index in [9.17, 15) is 9.59 Å². The summed E-state index contributed by atoms with van der Waals surface area (Å²) in [6, 6.07) is 0.155. The minimum absolute atomic E-state index is 0.155. The average molecular weight is 253 g/mol. The van der Waals surface area contributed by atoms with Crippen molar-refractivity contribution in [1.29, 1.82) is 0 Å². The molecule has 1 heterocycles. The highest BCUT2D eigenvalue weighted by Gasteiger charge is 2.32. The molecule has 0 spiro atoms. The van der Waals surface area contributed by atoms with Gasteiger partial charge in [-0.2, -0.15) is 0 Å². The van der Waals surface area contributed by atoms with Gasteiger partial charge in [0.05, 0.1) is 0 Å². The largest absolute Gasteiger partial charge is 0.339 e. The number of Topliss-reactive ketones (excluding diaryl/α,β-unsaturated/α-hetero) is 1. The number of likely N-dealkylation sites (tertiary alicyclic amines) is 1. The van der Waals surface area contributed by atoms with E-state index >= 15 is 0 Å². The molecule has 1 amide bonds. The van der Waals surface area contributed by atoms with Crippen molar-refractivity contribution in [3.05, 3.63) is 0 Å². The van der Waals surface area contributed by atoms with E-state index in [1.54, 1.807) is 6.92 Å². The van der Waals surface area contributed by atoms with Crippen LogP contribution in [0.15, 0.2) is 0 Å². The number of carbonyl (C=O) groups excluding carboxylic acids is 2. The van der Waals surface area contributed by atoms with Crippen LogP contribution in [0.4, 0.5) is 0 Å². The van der Waals surface area contributed by atoms with E-state index in [0.29, 0.717) is 18.8 Å². The van der Waals surface area contributed by atoms with Crippen LogP contribution in [0.2, 0.25) is 0 Å². The fourth-order valence-corrected chi connectivity index (χ4v) is 2.39. The Bertz CT molecular complexity index is 317. The first-order valence-electron chi connectivity index (χ1n) is 7.00. The minimum Gasteiger partial charge on any atom is -0.339 e. The Morgan fingerprint density at radius 3 is 2.44 bits per heavy atom. The molecule has 0 bridgehead atoms. The van der Waals surface area contributed by atoms with E-state index in [2.05, 4.69) is 27.7 Å². The zero-order valence-electron chi connectivity index (χ0n) is 12.5. The van der Waals surface area contributed by atoms with Crippen molar-refractivity contribution < 1.29 is 9.59 Å². The molecule has 0 aliphatic carbocycles. The summed E-state index contributed by atoms with van der Waals surface area (Å²) < 4.78 is 0. The van der Waals surface area contributed by atoms with Crippen LogP contribution in [0, 0.1) is 11.3 Å². The van der Waals surface area contributed by atoms with Crippen LogP contribution in [0.5, 0.6) is 0 Å².